The predicted molar refractivity (Wildman–Crippen MR) is 128 cm³/mol. The van der Waals surface area contributed by atoms with Crippen LogP contribution in [0, 0.1) is 5.92 Å². The Morgan fingerprint density at radius 2 is 1.85 bits per heavy atom. The number of benzene rings is 1. The van der Waals surface area contributed by atoms with Crippen LogP contribution in [0.5, 0.6) is 5.88 Å². The maximum Gasteiger partial charge on any atom is 0.335 e. The lowest BCUT2D eigenvalue weighted by molar-refractivity contribution is -0.131. The highest BCUT2D eigenvalue weighted by atomic mass is 16.5. The molecule has 7 nitrogen and oxygen atoms in total. The fourth-order valence-corrected chi connectivity index (χ4v) is 5.04. The second-order valence-electron chi connectivity index (χ2n) is 9.51. The molecule has 2 heterocycles. The lowest BCUT2D eigenvalue weighted by Crippen LogP contribution is -2.48. The van der Waals surface area contributed by atoms with Gasteiger partial charge >= 0.3 is 5.97 Å². The molecule has 4 rings (SSSR count). The first kappa shape index (κ1) is 24.2. The Morgan fingerprint density at radius 1 is 1.15 bits per heavy atom. The number of aromatic nitrogens is 1. The number of aromatic carboxylic acids is 1. The SMILES string of the molecule is C[C@H](NC(=O)C1(c2ccnc(OCC3CCCCC3)c2)CCOCC1)c1ccc(C(=O)O)cc1. The topological polar surface area (TPSA) is 97.8 Å². The second kappa shape index (κ2) is 11.0. The van der Waals surface area contributed by atoms with Gasteiger partial charge in [0.1, 0.15) is 0 Å². The highest BCUT2D eigenvalue weighted by Crippen LogP contribution is 2.37. The van der Waals surface area contributed by atoms with Gasteiger partial charge in [0.15, 0.2) is 0 Å². The molecule has 7 heteroatoms. The van der Waals surface area contributed by atoms with Crippen molar-refractivity contribution in [2.45, 2.75) is 63.3 Å². The van der Waals surface area contributed by atoms with Crippen molar-refractivity contribution in [2.75, 3.05) is 19.8 Å². The third-order valence-electron chi connectivity index (χ3n) is 7.27. The molecule has 0 spiro atoms. The van der Waals surface area contributed by atoms with Crippen LogP contribution in [-0.2, 0) is 14.9 Å². The van der Waals surface area contributed by atoms with E-state index in [1.165, 1.54) is 32.1 Å². The minimum absolute atomic E-state index is 0.0601. The first-order valence-electron chi connectivity index (χ1n) is 12.3. The molecule has 0 radical (unpaired) electrons. The smallest absolute Gasteiger partial charge is 0.335 e. The van der Waals surface area contributed by atoms with Gasteiger partial charge in [-0.15, -0.1) is 0 Å². The lowest BCUT2D eigenvalue weighted by Gasteiger charge is -2.37. The zero-order valence-corrected chi connectivity index (χ0v) is 19.8. The number of carbonyl (C=O) groups excluding carboxylic acids is 1. The maximum absolute atomic E-state index is 13.7. The average Bonchev–Trinajstić information content (AvgIpc) is 2.88. The monoisotopic (exact) mass is 466 g/mol. The van der Waals surface area contributed by atoms with Crippen LogP contribution < -0.4 is 10.1 Å². The summed E-state index contributed by atoms with van der Waals surface area (Å²) >= 11 is 0. The molecular weight excluding hydrogens is 432 g/mol. The summed E-state index contributed by atoms with van der Waals surface area (Å²) in [6.07, 6.45) is 9.13. The molecule has 2 aromatic rings. The molecule has 2 aliphatic rings. The zero-order chi connectivity index (χ0) is 24.0. The molecule has 1 atom stereocenters. The van der Waals surface area contributed by atoms with Crippen LogP contribution >= 0.6 is 0 Å². The summed E-state index contributed by atoms with van der Waals surface area (Å²) in [6, 6.07) is 10.2. The molecule has 0 bridgehead atoms. The van der Waals surface area contributed by atoms with Crippen LogP contribution in [0.25, 0.3) is 0 Å². The molecule has 1 aliphatic carbocycles. The number of carbonyl (C=O) groups is 2. The first-order chi connectivity index (χ1) is 16.5. The number of nitrogens with one attached hydrogen (secondary N) is 1. The van der Waals surface area contributed by atoms with Crippen LogP contribution in [0.2, 0.25) is 0 Å². The van der Waals surface area contributed by atoms with Crippen molar-refractivity contribution in [1.29, 1.82) is 0 Å². The number of hydrogen-bond donors (Lipinski definition) is 2. The Kier molecular flexibility index (Phi) is 7.83. The number of pyridine rings is 1. The van der Waals surface area contributed by atoms with Crippen molar-refractivity contribution in [3.8, 4) is 5.88 Å². The molecule has 182 valence electrons. The summed E-state index contributed by atoms with van der Waals surface area (Å²) in [5.74, 6) is 0.116. The zero-order valence-electron chi connectivity index (χ0n) is 19.8. The standard InChI is InChI=1S/C27H34N2O5/c1-19(21-7-9-22(10-8-21)25(30)31)29-26(32)27(12-15-33-16-13-27)23-11-14-28-24(17-23)34-18-20-5-3-2-4-6-20/h7-11,14,17,19-20H,2-6,12-13,15-16,18H2,1H3,(H,29,32)(H,30,31)/t19-/m0/s1. The van der Waals surface area contributed by atoms with E-state index in [0.29, 0.717) is 44.5 Å². The van der Waals surface area contributed by atoms with Gasteiger partial charge in [-0.2, -0.15) is 0 Å². The van der Waals surface area contributed by atoms with Gasteiger partial charge in [-0.1, -0.05) is 31.4 Å². The Labute approximate surface area is 200 Å². The van der Waals surface area contributed by atoms with Crippen molar-refractivity contribution < 1.29 is 24.2 Å². The van der Waals surface area contributed by atoms with Crippen molar-refractivity contribution in [3.63, 3.8) is 0 Å². The van der Waals surface area contributed by atoms with E-state index in [2.05, 4.69) is 10.3 Å². The second-order valence-corrected chi connectivity index (χ2v) is 9.51. The molecule has 1 saturated heterocycles. The molecule has 2 N–H and O–H groups in total. The Hall–Kier alpha value is -2.93. The van der Waals surface area contributed by atoms with Crippen molar-refractivity contribution in [3.05, 3.63) is 59.3 Å². The highest BCUT2D eigenvalue weighted by molar-refractivity contribution is 5.89. The van der Waals surface area contributed by atoms with E-state index >= 15 is 0 Å². The van der Waals surface area contributed by atoms with Crippen LogP contribution in [-0.4, -0.2) is 41.8 Å². The molecule has 0 unspecified atom stereocenters. The van der Waals surface area contributed by atoms with E-state index in [1.807, 2.05) is 19.1 Å². The molecular formula is C27H34N2O5. The third-order valence-corrected chi connectivity index (χ3v) is 7.27. The molecule has 1 amide bonds. The molecule has 34 heavy (non-hydrogen) atoms. The average molecular weight is 467 g/mol. The third kappa shape index (κ3) is 5.58. The van der Waals surface area contributed by atoms with Crippen molar-refractivity contribution >= 4 is 11.9 Å². The Morgan fingerprint density at radius 3 is 2.53 bits per heavy atom. The van der Waals surface area contributed by atoms with E-state index in [0.717, 1.165) is 11.1 Å². The number of nitrogens with zero attached hydrogens (tertiary/aromatic N) is 1. The number of amides is 1. The summed E-state index contributed by atoms with van der Waals surface area (Å²) in [7, 11) is 0. The van der Waals surface area contributed by atoms with Gasteiger partial charge in [0.05, 0.1) is 23.6 Å². The molecule has 2 fully saturated rings. The van der Waals surface area contributed by atoms with Gasteiger partial charge in [-0.05, 0) is 67.9 Å². The number of carboxylic acid groups (broad SMARTS) is 1. The molecule has 1 aromatic carbocycles. The molecule has 1 aromatic heterocycles. The van der Waals surface area contributed by atoms with E-state index in [9.17, 15) is 9.59 Å². The van der Waals surface area contributed by atoms with Crippen molar-refractivity contribution in [2.24, 2.45) is 5.92 Å². The van der Waals surface area contributed by atoms with Gasteiger partial charge in [-0.25, -0.2) is 9.78 Å². The quantitative estimate of drug-likeness (QED) is 0.587. The minimum Gasteiger partial charge on any atom is -0.478 e. The fraction of sp³-hybridized carbons (Fsp3) is 0.519. The lowest BCUT2D eigenvalue weighted by atomic mass is 9.73. The highest BCUT2D eigenvalue weighted by Gasteiger charge is 2.42. The number of carboxylic acids is 1. The minimum atomic E-state index is -0.969. The van der Waals surface area contributed by atoms with E-state index < -0.39 is 11.4 Å². The van der Waals surface area contributed by atoms with E-state index in [4.69, 9.17) is 14.6 Å². The maximum atomic E-state index is 13.7. The summed E-state index contributed by atoms with van der Waals surface area (Å²) in [5, 5.41) is 12.3. The number of hydrogen-bond acceptors (Lipinski definition) is 5. The predicted octanol–water partition coefficient (Wildman–Crippen LogP) is 4.66. The summed E-state index contributed by atoms with van der Waals surface area (Å²) in [5.41, 5.74) is 1.25. The first-order valence-corrected chi connectivity index (χ1v) is 12.3. The Balaban J connectivity index is 1.49. The van der Waals surface area contributed by atoms with Crippen LogP contribution in [0.4, 0.5) is 0 Å². The summed E-state index contributed by atoms with van der Waals surface area (Å²) in [6.45, 7) is 3.60. The molecule has 1 aliphatic heterocycles. The van der Waals surface area contributed by atoms with Crippen LogP contribution in [0.3, 0.4) is 0 Å². The van der Waals surface area contributed by atoms with E-state index in [1.54, 1.807) is 30.5 Å². The van der Waals surface area contributed by atoms with Crippen LogP contribution in [0.1, 0.15) is 79.4 Å². The number of rotatable bonds is 8. The fourth-order valence-electron chi connectivity index (χ4n) is 5.04. The number of ether oxygens (including phenoxy) is 2. The normalized spacial score (nSPS) is 19.2. The van der Waals surface area contributed by atoms with Gasteiger partial charge in [0.25, 0.3) is 0 Å². The van der Waals surface area contributed by atoms with Crippen LogP contribution in [0.15, 0.2) is 42.6 Å². The van der Waals surface area contributed by atoms with Crippen molar-refractivity contribution in [1.82, 2.24) is 10.3 Å². The largest absolute Gasteiger partial charge is 0.478 e. The van der Waals surface area contributed by atoms with E-state index in [-0.39, 0.29) is 17.5 Å². The van der Waals surface area contributed by atoms with Gasteiger partial charge in [-0.3, -0.25) is 4.79 Å². The molecule has 1 saturated carbocycles. The summed E-state index contributed by atoms with van der Waals surface area (Å²) < 4.78 is 11.7. The Bertz CT molecular complexity index is 979. The van der Waals surface area contributed by atoms with Gasteiger partial charge in [0.2, 0.25) is 11.8 Å². The van der Waals surface area contributed by atoms with Gasteiger partial charge < -0.3 is 19.9 Å². The van der Waals surface area contributed by atoms with Gasteiger partial charge in [0, 0.05) is 25.5 Å². The summed E-state index contributed by atoms with van der Waals surface area (Å²) in [4.78, 5) is 29.2.